The second-order valence-electron chi connectivity index (χ2n) is 4.35. The Labute approximate surface area is 77.4 Å². The van der Waals surface area contributed by atoms with E-state index in [4.69, 9.17) is 9.47 Å². The highest BCUT2D eigenvalue weighted by Gasteiger charge is 2.54. The molecule has 2 unspecified atom stereocenters. The molecule has 1 heterocycles. The van der Waals surface area contributed by atoms with Gasteiger partial charge in [0.2, 0.25) is 0 Å². The lowest BCUT2D eigenvalue weighted by atomic mass is 9.66. The molecule has 4 rings (SSSR count). The Bertz CT molecular complexity index is 243. The largest absolute Gasteiger partial charge is 0.347 e. The minimum atomic E-state index is -0.350. The number of hydrogen-bond acceptors (Lipinski definition) is 3. The molecule has 0 amide bonds. The zero-order valence-electron chi connectivity index (χ0n) is 7.62. The Balaban J connectivity index is 1.89. The summed E-state index contributed by atoms with van der Waals surface area (Å²) in [6.07, 6.45) is 3.66. The average Bonchev–Trinajstić information content (AvgIpc) is 2.57. The van der Waals surface area contributed by atoms with E-state index >= 15 is 0 Å². The summed E-state index contributed by atoms with van der Waals surface area (Å²) in [5.41, 5.74) is 0. The summed E-state index contributed by atoms with van der Waals surface area (Å²) in [5.74, 6) is 0.646. The molecule has 3 aliphatic carbocycles. The van der Waals surface area contributed by atoms with Crippen LogP contribution in [0.4, 0.5) is 0 Å². The molecule has 4 fully saturated rings. The third-order valence-corrected chi connectivity index (χ3v) is 3.70. The van der Waals surface area contributed by atoms with Crippen LogP contribution < -0.4 is 0 Å². The first-order valence-electron chi connectivity index (χ1n) is 5.11. The summed E-state index contributed by atoms with van der Waals surface area (Å²) in [6, 6.07) is 0. The maximum atomic E-state index is 11.5. The van der Waals surface area contributed by atoms with Crippen molar-refractivity contribution in [3.8, 4) is 0 Å². The van der Waals surface area contributed by atoms with E-state index in [9.17, 15) is 4.79 Å². The first-order valence-corrected chi connectivity index (χ1v) is 5.11. The van der Waals surface area contributed by atoms with Crippen molar-refractivity contribution in [1.29, 1.82) is 0 Å². The summed E-state index contributed by atoms with van der Waals surface area (Å²) in [6.45, 7) is 1.41. The Morgan fingerprint density at radius 1 is 1.23 bits per heavy atom. The lowest BCUT2D eigenvalue weighted by molar-refractivity contribution is -0.234. The molecule has 1 saturated heterocycles. The molecular weight excluding hydrogens is 168 g/mol. The van der Waals surface area contributed by atoms with Gasteiger partial charge in [-0.25, -0.2) is 0 Å². The van der Waals surface area contributed by atoms with Gasteiger partial charge in [-0.3, -0.25) is 4.79 Å². The molecule has 3 nitrogen and oxygen atoms in total. The molecular formula is C10H14O3. The molecule has 0 N–H and O–H groups in total. The molecule has 3 saturated carbocycles. The first-order chi connectivity index (χ1) is 6.30. The van der Waals surface area contributed by atoms with E-state index in [1.54, 1.807) is 0 Å². The molecule has 3 heteroatoms. The van der Waals surface area contributed by atoms with Crippen molar-refractivity contribution < 1.29 is 14.3 Å². The number of rotatable bonds is 0. The highest BCUT2D eigenvalue weighted by molar-refractivity contribution is 5.83. The molecule has 72 valence electrons. The van der Waals surface area contributed by atoms with Crippen molar-refractivity contribution in [3.63, 3.8) is 0 Å². The summed E-state index contributed by atoms with van der Waals surface area (Å²) >= 11 is 0. The van der Waals surface area contributed by atoms with E-state index in [-0.39, 0.29) is 11.7 Å². The standard InChI is InChI=1S/C10H14O3/c11-9-5-8-2-1-7(9)6-10(8)12-3-4-13-10/h7-8H,1-6H2. The maximum Gasteiger partial charge on any atom is 0.172 e. The van der Waals surface area contributed by atoms with E-state index in [2.05, 4.69) is 0 Å². The minimum Gasteiger partial charge on any atom is -0.347 e. The number of carbonyl (C=O) groups excluding carboxylic acids is 1. The predicted octanol–water partition coefficient (Wildman–Crippen LogP) is 1.12. The Hall–Kier alpha value is -0.410. The monoisotopic (exact) mass is 182 g/mol. The molecule has 2 bridgehead atoms. The molecule has 0 aromatic heterocycles. The average molecular weight is 182 g/mol. The molecule has 0 aromatic carbocycles. The van der Waals surface area contributed by atoms with Gasteiger partial charge in [0.15, 0.2) is 5.79 Å². The highest BCUT2D eigenvalue weighted by Crippen LogP contribution is 2.49. The predicted molar refractivity (Wildman–Crippen MR) is 45.1 cm³/mol. The van der Waals surface area contributed by atoms with Crippen molar-refractivity contribution in [1.82, 2.24) is 0 Å². The zero-order valence-corrected chi connectivity index (χ0v) is 7.62. The summed E-state index contributed by atoms with van der Waals surface area (Å²) in [5, 5.41) is 0. The van der Waals surface area contributed by atoms with Crippen molar-refractivity contribution in [3.05, 3.63) is 0 Å². The van der Waals surface area contributed by atoms with Crippen LogP contribution in [0.25, 0.3) is 0 Å². The fourth-order valence-electron chi connectivity index (χ4n) is 3.00. The SMILES string of the molecule is O=C1CC2CCC1CC21OCCO1. The van der Waals surface area contributed by atoms with E-state index in [0.717, 1.165) is 19.3 Å². The number of fused-ring (bicyclic) bond motifs is 2. The fourth-order valence-corrected chi connectivity index (χ4v) is 3.00. The Morgan fingerprint density at radius 2 is 2.00 bits per heavy atom. The number of ketones is 1. The van der Waals surface area contributed by atoms with Gasteiger partial charge in [-0.1, -0.05) is 0 Å². The normalized spacial score (nSPS) is 41.7. The third-order valence-electron chi connectivity index (χ3n) is 3.70. The van der Waals surface area contributed by atoms with Crippen LogP contribution in [0.2, 0.25) is 0 Å². The van der Waals surface area contributed by atoms with Crippen molar-refractivity contribution in [2.24, 2.45) is 11.8 Å². The second-order valence-corrected chi connectivity index (χ2v) is 4.35. The zero-order chi connectivity index (χ0) is 8.89. The van der Waals surface area contributed by atoms with Crippen LogP contribution in [-0.2, 0) is 14.3 Å². The molecule has 2 atom stereocenters. The van der Waals surface area contributed by atoms with E-state index in [0.29, 0.717) is 31.3 Å². The van der Waals surface area contributed by atoms with Gasteiger partial charge in [-0.2, -0.15) is 0 Å². The van der Waals surface area contributed by atoms with Gasteiger partial charge in [-0.15, -0.1) is 0 Å². The van der Waals surface area contributed by atoms with E-state index < -0.39 is 0 Å². The number of Topliss-reactive ketones (excluding diaryl/α,β-unsaturated/α-hetero) is 1. The van der Waals surface area contributed by atoms with Crippen LogP contribution in [0.1, 0.15) is 25.7 Å². The fraction of sp³-hybridized carbons (Fsp3) is 0.900. The van der Waals surface area contributed by atoms with Gasteiger partial charge in [-0.05, 0) is 12.8 Å². The van der Waals surface area contributed by atoms with Gasteiger partial charge in [0.25, 0.3) is 0 Å². The molecule has 1 aliphatic heterocycles. The number of hydrogen-bond donors (Lipinski definition) is 0. The molecule has 1 spiro atoms. The van der Waals surface area contributed by atoms with Crippen LogP contribution in [-0.4, -0.2) is 24.8 Å². The van der Waals surface area contributed by atoms with Crippen LogP contribution in [0.15, 0.2) is 0 Å². The minimum absolute atomic E-state index is 0.225. The van der Waals surface area contributed by atoms with Crippen LogP contribution in [0.5, 0.6) is 0 Å². The summed E-state index contributed by atoms with van der Waals surface area (Å²) in [4.78, 5) is 11.5. The molecule has 4 aliphatic rings. The first kappa shape index (κ1) is 7.94. The topological polar surface area (TPSA) is 35.5 Å². The molecule has 0 aromatic rings. The Kier molecular flexibility index (Phi) is 1.56. The number of carbonyl (C=O) groups is 1. The van der Waals surface area contributed by atoms with Gasteiger partial charge < -0.3 is 9.47 Å². The number of ether oxygens (including phenoxy) is 2. The molecule has 13 heavy (non-hydrogen) atoms. The second kappa shape index (κ2) is 2.55. The smallest absolute Gasteiger partial charge is 0.172 e. The third kappa shape index (κ3) is 1.00. The van der Waals surface area contributed by atoms with Gasteiger partial charge in [0.05, 0.1) is 13.2 Å². The summed E-state index contributed by atoms with van der Waals surface area (Å²) < 4.78 is 11.4. The quantitative estimate of drug-likeness (QED) is 0.563. The highest BCUT2D eigenvalue weighted by atomic mass is 16.7. The van der Waals surface area contributed by atoms with Crippen molar-refractivity contribution in [2.75, 3.05) is 13.2 Å². The van der Waals surface area contributed by atoms with Gasteiger partial charge >= 0.3 is 0 Å². The lowest BCUT2D eigenvalue weighted by Gasteiger charge is -2.46. The van der Waals surface area contributed by atoms with Crippen LogP contribution in [0.3, 0.4) is 0 Å². The van der Waals surface area contributed by atoms with E-state index in [1.165, 1.54) is 0 Å². The van der Waals surface area contributed by atoms with Crippen LogP contribution in [0, 0.1) is 11.8 Å². The van der Waals surface area contributed by atoms with Crippen molar-refractivity contribution in [2.45, 2.75) is 31.5 Å². The Morgan fingerprint density at radius 3 is 2.54 bits per heavy atom. The van der Waals surface area contributed by atoms with Gasteiger partial charge in [0, 0.05) is 24.7 Å². The lowest BCUT2D eigenvalue weighted by Crippen LogP contribution is -2.51. The molecule has 0 radical (unpaired) electrons. The summed E-state index contributed by atoms with van der Waals surface area (Å²) in [7, 11) is 0. The van der Waals surface area contributed by atoms with Crippen molar-refractivity contribution >= 4 is 5.78 Å². The van der Waals surface area contributed by atoms with E-state index in [1.807, 2.05) is 0 Å². The van der Waals surface area contributed by atoms with Crippen LogP contribution >= 0.6 is 0 Å². The van der Waals surface area contributed by atoms with Gasteiger partial charge in [0.1, 0.15) is 5.78 Å². The maximum absolute atomic E-state index is 11.5.